The quantitative estimate of drug-likeness (QED) is 0.370. The molecule has 148 valence electrons. The van der Waals surface area contributed by atoms with Crippen LogP contribution < -0.4 is 16.0 Å². The fourth-order valence-corrected chi connectivity index (χ4v) is 3.99. The first-order valence-electron chi connectivity index (χ1n) is 8.23. The van der Waals surface area contributed by atoms with Gasteiger partial charge in [-0.3, -0.25) is 14.9 Å². The Hall–Kier alpha value is -2.52. The molecule has 2 aromatic carbocycles. The van der Waals surface area contributed by atoms with Gasteiger partial charge in [0.2, 0.25) is 11.8 Å². The lowest BCUT2D eigenvalue weighted by molar-refractivity contribution is -0.115. The number of nitrogens with one attached hydrogen (secondary N) is 3. The zero-order valence-corrected chi connectivity index (χ0v) is 18.1. The number of amides is 2. The fraction of sp³-hybridized carbons (Fsp3) is 0.0526. The zero-order chi connectivity index (χ0) is 21.0. The number of thiazole rings is 1. The Morgan fingerprint density at radius 3 is 2.66 bits per heavy atom. The Balaban J connectivity index is 1.61. The highest BCUT2D eigenvalue weighted by molar-refractivity contribution is 7.80. The number of anilines is 2. The summed E-state index contributed by atoms with van der Waals surface area (Å²) in [7, 11) is 0. The zero-order valence-electron chi connectivity index (χ0n) is 15.0. The highest BCUT2D eigenvalue weighted by Crippen LogP contribution is 2.28. The molecule has 0 saturated heterocycles. The average Bonchev–Trinajstić information content (AvgIpc) is 3.01. The van der Waals surface area contributed by atoms with Crippen molar-refractivity contribution >= 4 is 90.8 Å². The molecule has 10 heteroatoms. The minimum Gasteiger partial charge on any atom is -0.326 e. The average molecular weight is 465 g/mol. The van der Waals surface area contributed by atoms with Gasteiger partial charge in [-0.1, -0.05) is 40.6 Å². The van der Waals surface area contributed by atoms with E-state index in [1.54, 1.807) is 36.4 Å². The van der Waals surface area contributed by atoms with Gasteiger partial charge < -0.3 is 10.6 Å². The molecule has 29 heavy (non-hydrogen) atoms. The van der Waals surface area contributed by atoms with Crippen molar-refractivity contribution in [3.63, 3.8) is 0 Å². The van der Waals surface area contributed by atoms with E-state index in [4.69, 9.17) is 35.4 Å². The van der Waals surface area contributed by atoms with Gasteiger partial charge in [-0.15, -0.1) is 0 Å². The molecule has 1 heterocycles. The Labute approximate surface area is 185 Å². The standard InChI is InChI=1S/C19H14Cl2N4O2S2/c1-10(26)22-13-5-6-15-16(9-13)29-19(23-15)25-18(28)24-17(27)7-3-11-2-4-12(20)8-14(11)21/h2-9H,1H3,(H,22,26)(H2,23,24,25,27,28)/b7-3+. The molecule has 0 aliphatic rings. The van der Waals surface area contributed by atoms with Gasteiger partial charge in [0.1, 0.15) is 0 Å². The van der Waals surface area contributed by atoms with E-state index in [2.05, 4.69) is 20.9 Å². The summed E-state index contributed by atoms with van der Waals surface area (Å²) < 4.78 is 0.866. The lowest BCUT2D eigenvalue weighted by Crippen LogP contribution is -2.32. The normalized spacial score (nSPS) is 10.9. The number of benzene rings is 2. The van der Waals surface area contributed by atoms with Crippen LogP contribution in [0.4, 0.5) is 10.8 Å². The number of fused-ring (bicyclic) bond motifs is 1. The molecule has 0 aliphatic heterocycles. The highest BCUT2D eigenvalue weighted by atomic mass is 35.5. The monoisotopic (exact) mass is 464 g/mol. The molecule has 0 spiro atoms. The first-order valence-corrected chi connectivity index (χ1v) is 10.2. The van der Waals surface area contributed by atoms with Crippen molar-refractivity contribution in [3.05, 3.63) is 58.1 Å². The second kappa shape index (κ2) is 9.32. The van der Waals surface area contributed by atoms with Gasteiger partial charge >= 0.3 is 0 Å². The summed E-state index contributed by atoms with van der Waals surface area (Å²) in [6, 6.07) is 10.4. The molecule has 3 N–H and O–H groups in total. The van der Waals surface area contributed by atoms with Gasteiger partial charge in [0.25, 0.3) is 0 Å². The van der Waals surface area contributed by atoms with E-state index in [9.17, 15) is 9.59 Å². The first-order chi connectivity index (χ1) is 13.8. The third-order valence-corrected chi connectivity index (χ3v) is 5.24. The third kappa shape index (κ3) is 5.98. The molecule has 3 rings (SSSR count). The van der Waals surface area contributed by atoms with Crippen molar-refractivity contribution < 1.29 is 9.59 Å². The number of rotatable bonds is 4. The van der Waals surface area contributed by atoms with Crippen LogP contribution in [0, 0.1) is 0 Å². The minimum absolute atomic E-state index is 0.114. The summed E-state index contributed by atoms with van der Waals surface area (Å²) in [6.07, 6.45) is 2.89. The fourth-order valence-electron chi connectivity index (χ4n) is 2.34. The second-order valence-corrected chi connectivity index (χ2v) is 8.11. The van der Waals surface area contributed by atoms with Crippen LogP contribution in [0.25, 0.3) is 16.3 Å². The molecule has 1 aromatic heterocycles. The topological polar surface area (TPSA) is 83.1 Å². The maximum Gasteiger partial charge on any atom is 0.250 e. The highest BCUT2D eigenvalue weighted by Gasteiger charge is 2.08. The predicted molar refractivity (Wildman–Crippen MR) is 124 cm³/mol. The van der Waals surface area contributed by atoms with Crippen molar-refractivity contribution in [1.82, 2.24) is 10.3 Å². The molecular formula is C19H14Cl2N4O2S2. The number of thiocarbonyl (C=S) groups is 1. The van der Waals surface area contributed by atoms with Crippen LogP contribution in [-0.4, -0.2) is 21.9 Å². The number of hydrogen-bond donors (Lipinski definition) is 3. The van der Waals surface area contributed by atoms with Crippen molar-refractivity contribution in [2.24, 2.45) is 0 Å². The molecule has 0 atom stereocenters. The van der Waals surface area contributed by atoms with E-state index in [1.165, 1.54) is 24.3 Å². The molecule has 3 aromatic rings. The van der Waals surface area contributed by atoms with Gasteiger partial charge in [-0.2, -0.15) is 0 Å². The van der Waals surface area contributed by atoms with Gasteiger partial charge in [0, 0.05) is 28.7 Å². The van der Waals surface area contributed by atoms with Crippen molar-refractivity contribution in [1.29, 1.82) is 0 Å². The molecule has 0 bridgehead atoms. The van der Waals surface area contributed by atoms with Crippen molar-refractivity contribution in [2.75, 3.05) is 10.6 Å². The first kappa shape index (κ1) is 21.2. The molecule has 0 aliphatic carbocycles. The van der Waals surface area contributed by atoms with Gasteiger partial charge in [-0.25, -0.2) is 4.98 Å². The van der Waals surface area contributed by atoms with E-state index < -0.39 is 5.91 Å². The number of carbonyl (C=O) groups is 2. The number of nitrogens with zero attached hydrogens (tertiary/aromatic N) is 1. The summed E-state index contributed by atoms with van der Waals surface area (Å²) in [5, 5.41) is 9.74. The SMILES string of the molecule is CC(=O)Nc1ccc2nc(NC(=S)NC(=O)/C=C/c3ccc(Cl)cc3Cl)sc2c1. The van der Waals surface area contributed by atoms with Gasteiger partial charge in [0.15, 0.2) is 10.2 Å². The maximum atomic E-state index is 12.1. The number of carbonyl (C=O) groups excluding carboxylic acids is 2. The summed E-state index contributed by atoms with van der Waals surface area (Å²) in [6.45, 7) is 1.44. The van der Waals surface area contributed by atoms with E-state index >= 15 is 0 Å². The molecule has 6 nitrogen and oxygen atoms in total. The summed E-state index contributed by atoms with van der Waals surface area (Å²) >= 11 is 18.4. The number of hydrogen-bond acceptors (Lipinski definition) is 5. The Bertz CT molecular complexity index is 1140. The number of halogens is 2. The molecule has 0 saturated carbocycles. The van der Waals surface area contributed by atoms with Crippen LogP contribution >= 0.6 is 46.8 Å². The van der Waals surface area contributed by atoms with Crippen LogP contribution in [0.3, 0.4) is 0 Å². The van der Waals surface area contributed by atoms with Crippen LogP contribution in [-0.2, 0) is 9.59 Å². The molecule has 2 amide bonds. The van der Waals surface area contributed by atoms with Crippen LogP contribution in [0.15, 0.2) is 42.5 Å². The molecule has 0 radical (unpaired) electrons. The van der Waals surface area contributed by atoms with E-state index in [1.807, 2.05) is 6.07 Å². The molecular weight excluding hydrogens is 451 g/mol. The summed E-state index contributed by atoms with van der Waals surface area (Å²) in [4.78, 5) is 27.6. The smallest absolute Gasteiger partial charge is 0.250 e. The van der Waals surface area contributed by atoms with Gasteiger partial charge in [0.05, 0.1) is 10.2 Å². The summed E-state index contributed by atoms with van der Waals surface area (Å²) in [5.41, 5.74) is 2.09. The minimum atomic E-state index is -0.414. The van der Waals surface area contributed by atoms with Crippen LogP contribution in [0.5, 0.6) is 0 Å². The lowest BCUT2D eigenvalue weighted by atomic mass is 10.2. The summed E-state index contributed by atoms with van der Waals surface area (Å²) in [5.74, 6) is -0.563. The molecule has 0 fully saturated rings. The second-order valence-electron chi connectivity index (χ2n) is 5.83. The van der Waals surface area contributed by atoms with Gasteiger partial charge in [-0.05, 0) is 54.2 Å². The largest absolute Gasteiger partial charge is 0.326 e. The predicted octanol–water partition coefficient (Wildman–Crippen LogP) is 5.09. The third-order valence-electron chi connectivity index (χ3n) is 3.54. The maximum absolute atomic E-state index is 12.1. The van der Waals surface area contributed by atoms with Crippen LogP contribution in [0.1, 0.15) is 12.5 Å². The van der Waals surface area contributed by atoms with Crippen LogP contribution in [0.2, 0.25) is 10.0 Å². The Morgan fingerprint density at radius 1 is 1.14 bits per heavy atom. The Morgan fingerprint density at radius 2 is 1.93 bits per heavy atom. The van der Waals surface area contributed by atoms with E-state index in [-0.39, 0.29) is 11.0 Å². The molecule has 0 unspecified atom stereocenters. The number of aromatic nitrogens is 1. The van der Waals surface area contributed by atoms with E-state index in [0.29, 0.717) is 26.4 Å². The Kier molecular flexibility index (Phi) is 6.81. The van der Waals surface area contributed by atoms with Crippen molar-refractivity contribution in [3.8, 4) is 0 Å². The van der Waals surface area contributed by atoms with Crippen molar-refractivity contribution in [2.45, 2.75) is 6.92 Å². The lowest BCUT2D eigenvalue weighted by Gasteiger charge is -2.04. The van der Waals surface area contributed by atoms with E-state index in [0.717, 1.165) is 10.2 Å².